The van der Waals surface area contributed by atoms with E-state index in [1.54, 1.807) is 24.3 Å². The van der Waals surface area contributed by atoms with Crippen LogP contribution in [0.1, 0.15) is 34.5 Å². The molecule has 1 atom stereocenters. The van der Waals surface area contributed by atoms with E-state index in [1.807, 2.05) is 48.5 Å². The third-order valence-electron chi connectivity index (χ3n) is 4.26. The molecule has 0 saturated heterocycles. The first-order valence-corrected chi connectivity index (χ1v) is 9.42. The van der Waals surface area contributed by atoms with Crippen molar-refractivity contribution in [1.29, 1.82) is 0 Å². The zero-order valence-electron chi connectivity index (χ0n) is 14.9. The molecule has 138 valence electrons. The Labute approximate surface area is 169 Å². The van der Waals surface area contributed by atoms with Crippen LogP contribution in [0.4, 0.5) is 5.69 Å². The average molecular weight is 399 g/mol. The van der Waals surface area contributed by atoms with Gasteiger partial charge in [0.2, 0.25) is 0 Å². The minimum atomic E-state index is -0.224. The second-order valence-electron chi connectivity index (χ2n) is 6.29. The molecule has 3 aromatic carbocycles. The summed E-state index contributed by atoms with van der Waals surface area (Å²) in [5.41, 5.74) is 3.39. The molecule has 0 aliphatic rings. The summed E-state index contributed by atoms with van der Waals surface area (Å²) in [5, 5.41) is 7.53. The summed E-state index contributed by atoms with van der Waals surface area (Å²) in [4.78, 5) is 12.4. The molecule has 1 amide bonds. The lowest BCUT2D eigenvalue weighted by molar-refractivity contribution is 0.102. The highest BCUT2D eigenvalue weighted by Crippen LogP contribution is 2.20. The van der Waals surface area contributed by atoms with Crippen molar-refractivity contribution < 1.29 is 4.79 Å². The summed E-state index contributed by atoms with van der Waals surface area (Å²) in [5.74, 6) is -0.224. The van der Waals surface area contributed by atoms with Crippen LogP contribution in [0.15, 0.2) is 72.8 Å². The van der Waals surface area contributed by atoms with Crippen LogP contribution in [0.3, 0.4) is 0 Å². The van der Waals surface area contributed by atoms with E-state index in [1.165, 1.54) is 0 Å². The number of rotatable bonds is 6. The lowest BCUT2D eigenvalue weighted by Gasteiger charge is -2.15. The lowest BCUT2D eigenvalue weighted by atomic mass is 10.1. The van der Waals surface area contributed by atoms with Crippen LogP contribution < -0.4 is 10.6 Å². The lowest BCUT2D eigenvalue weighted by Crippen LogP contribution is -2.18. The van der Waals surface area contributed by atoms with Gasteiger partial charge in [0.05, 0.1) is 10.6 Å². The fraction of sp³-hybridized carbons (Fsp3) is 0.136. The van der Waals surface area contributed by atoms with E-state index in [-0.39, 0.29) is 11.9 Å². The number of benzene rings is 3. The van der Waals surface area contributed by atoms with Gasteiger partial charge >= 0.3 is 0 Å². The fourth-order valence-electron chi connectivity index (χ4n) is 2.77. The molecule has 2 N–H and O–H groups in total. The molecule has 0 unspecified atom stereocenters. The van der Waals surface area contributed by atoms with Gasteiger partial charge < -0.3 is 10.6 Å². The summed E-state index contributed by atoms with van der Waals surface area (Å²) in [6.07, 6.45) is 0. The maximum atomic E-state index is 12.4. The minimum absolute atomic E-state index is 0.157. The number of amides is 1. The molecule has 3 rings (SSSR count). The van der Waals surface area contributed by atoms with Crippen LogP contribution in [0.25, 0.3) is 0 Å². The maximum Gasteiger partial charge on any atom is 0.257 e. The highest BCUT2D eigenvalue weighted by molar-refractivity contribution is 6.34. The number of carbonyl (C=O) groups is 1. The number of anilines is 1. The fourth-order valence-corrected chi connectivity index (χ4v) is 3.19. The third-order valence-corrected chi connectivity index (χ3v) is 4.83. The van der Waals surface area contributed by atoms with Gasteiger partial charge in [-0.3, -0.25) is 4.79 Å². The van der Waals surface area contributed by atoms with Crippen molar-refractivity contribution in [3.05, 3.63) is 99.5 Å². The quantitative estimate of drug-likeness (QED) is 0.526. The Morgan fingerprint density at radius 2 is 1.74 bits per heavy atom. The van der Waals surface area contributed by atoms with Crippen LogP contribution in [-0.4, -0.2) is 5.91 Å². The predicted octanol–water partition coefficient (Wildman–Crippen LogP) is 6.10. The Bertz CT molecular complexity index is 943. The zero-order valence-corrected chi connectivity index (χ0v) is 16.4. The second kappa shape index (κ2) is 9.05. The van der Waals surface area contributed by atoms with Gasteiger partial charge in [-0.25, -0.2) is 0 Å². The van der Waals surface area contributed by atoms with Crippen LogP contribution in [0.2, 0.25) is 10.0 Å². The number of hydrogen-bond acceptors (Lipinski definition) is 2. The number of carbonyl (C=O) groups excluding carboxylic acids is 1. The Morgan fingerprint density at radius 3 is 2.52 bits per heavy atom. The van der Waals surface area contributed by atoms with Crippen molar-refractivity contribution in [3.63, 3.8) is 0 Å². The SMILES string of the molecule is C[C@H](NCc1cccc(NC(=O)c2ccccc2Cl)c1)c1cccc(Cl)c1. The van der Waals surface area contributed by atoms with E-state index < -0.39 is 0 Å². The molecule has 0 radical (unpaired) electrons. The third kappa shape index (κ3) is 5.33. The average Bonchev–Trinajstić information content (AvgIpc) is 2.66. The van der Waals surface area contributed by atoms with Crippen LogP contribution in [0.5, 0.6) is 0 Å². The molecule has 3 nitrogen and oxygen atoms in total. The first-order valence-electron chi connectivity index (χ1n) is 8.66. The van der Waals surface area contributed by atoms with E-state index in [9.17, 15) is 4.79 Å². The van der Waals surface area contributed by atoms with Crippen molar-refractivity contribution in [2.75, 3.05) is 5.32 Å². The summed E-state index contributed by atoms with van der Waals surface area (Å²) < 4.78 is 0. The molecular formula is C22H20Cl2N2O. The molecule has 0 aliphatic carbocycles. The van der Waals surface area contributed by atoms with E-state index in [4.69, 9.17) is 23.2 Å². The number of halogens is 2. The van der Waals surface area contributed by atoms with Gasteiger partial charge in [-0.05, 0) is 54.4 Å². The molecule has 0 aliphatic heterocycles. The molecule has 0 fully saturated rings. The molecule has 5 heteroatoms. The van der Waals surface area contributed by atoms with Crippen LogP contribution in [-0.2, 0) is 6.54 Å². The molecule has 0 aromatic heterocycles. The van der Waals surface area contributed by atoms with Crippen molar-refractivity contribution >= 4 is 34.8 Å². The molecule has 0 bridgehead atoms. The zero-order chi connectivity index (χ0) is 19.2. The summed E-state index contributed by atoms with van der Waals surface area (Å²) in [7, 11) is 0. The first kappa shape index (κ1) is 19.4. The number of nitrogens with one attached hydrogen (secondary N) is 2. The van der Waals surface area contributed by atoms with Gasteiger partial charge in [0.25, 0.3) is 5.91 Å². The maximum absolute atomic E-state index is 12.4. The van der Waals surface area contributed by atoms with Gasteiger partial charge in [0, 0.05) is 23.3 Å². The van der Waals surface area contributed by atoms with E-state index in [0.717, 1.165) is 21.8 Å². The van der Waals surface area contributed by atoms with Crippen molar-refractivity contribution in [1.82, 2.24) is 5.32 Å². The minimum Gasteiger partial charge on any atom is -0.322 e. The predicted molar refractivity (Wildman–Crippen MR) is 113 cm³/mol. The smallest absolute Gasteiger partial charge is 0.257 e. The van der Waals surface area contributed by atoms with Crippen molar-refractivity contribution in [2.45, 2.75) is 19.5 Å². The summed E-state index contributed by atoms with van der Waals surface area (Å²) in [6, 6.07) is 22.7. The molecule has 27 heavy (non-hydrogen) atoms. The highest BCUT2D eigenvalue weighted by atomic mass is 35.5. The van der Waals surface area contributed by atoms with Gasteiger partial charge in [-0.1, -0.05) is 59.6 Å². The summed E-state index contributed by atoms with van der Waals surface area (Å²) in [6.45, 7) is 2.76. The second-order valence-corrected chi connectivity index (χ2v) is 7.14. The Morgan fingerprint density at radius 1 is 0.963 bits per heavy atom. The normalized spacial score (nSPS) is 11.8. The Hall–Kier alpha value is -2.33. The van der Waals surface area contributed by atoms with Gasteiger partial charge in [-0.2, -0.15) is 0 Å². The molecule has 0 saturated carbocycles. The molecule has 3 aromatic rings. The van der Waals surface area contributed by atoms with Crippen molar-refractivity contribution in [3.8, 4) is 0 Å². The molecule has 0 heterocycles. The molecular weight excluding hydrogens is 379 g/mol. The van der Waals surface area contributed by atoms with E-state index in [0.29, 0.717) is 17.1 Å². The van der Waals surface area contributed by atoms with E-state index in [2.05, 4.69) is 17.6 Å². The topological polar surface area (TPSA) is 41.1 Å². The Kier molecular flexibility index (Phi) is 6.51. The summed E-state index contributed by atoms with van der Waals surface area (Å²) >= 11 is 12.1. The van der Waals surface area contributed by atoms with E-state index >= 15 is 0 Å². The largest absolute Gasteiger partial charge is 0.322 e. The molecule has 0 spiro atoms. The van der Waals surface area contributed by atoms with Crippen molar-refractivity contribution in [2.24, 2.45) is 0 Å². The van der Waals surface area contributed by atoms with Crippen LogP contribution in [0, 0.1) is 0 Å². The highest BCUT2D eigenvalue weighted by Gasteiger charge is 2.10. The van der Waals surface area contributed by atoms with Crippen LogP contribution >= 0.6 is 23.2 Å². The van der Waals surface area contributed by atoms with Gasteiger partial charge in [0.1, 0.15) is 0 Å². The standard InChI is InChI=1S/C22H20Cl2N2O/c1-15(17-7-5-8-18(23)13-17)25-14-16-6-4-9-19(12-16)26-22(27)20-10-2-3-11-21(20)24/h2-13,15,25H,14H2,1H3,(H,26,27)/t15-/m0/s1. The number of hydrogen-bond donors (Lipinski definition) is 2. The van der Waals surface area contributed by atoms with Gasteiger partial charge in [-0.15, -0.1) is 0 Å². The Balaban J connectivity index is 1.63. The monoisotopic (exact) mass is 398 g/mol. The first-order chi connectivity index (χ1) is 13.0. The van der Waals surface area contributed by atoms with Gasteiger partial charge in [0.15, 0.2) is 0 Å².